The first-order chi connectivity index (χ1) is 11.1. The lowest BCUT2D eigenvalue weighted by Gasteiger charge is -2.25. The molecule has 0 radical (unpaired) electrons. The molecule has 3 aromatic heterocycles. The van der Waals surface area contributed by atoms with Crippen molar-refractivity contribution < 1.29 is 0 Å². The number of aryl methyl sites for hydroxylation is 4. The summed E-state index contributed by atoms with van der Waals surface area (Å²) in [6.45, 7) is 6.41. The zero-order valence-electron chi connectivity index (χ0n) is 14.0. The van der Waals surface area contributed by atoms with Crippen molar-refractivity contribution >= 4 is 11.0 Å². The van der Waals surface area contributed by atoms with Gasteiger partial charge in [-0.15, -0.1) is 0 Å². The normalized spacial score (nSPS) is 17.4. The number of aromatic amines is 1. The number of rotatable bonds is 2. The fourth-order valence-electron chi connectivity index (χ4n) is 3.62. The van der Waals surface area contributed by atoms with Gasteiger partial charge in [-0.05, 0) is 75.1 Å². The molecule has 0 saturated heterocycles. The van der Waals surface area contributed by atoms with Crippen molar-refractivity contribution in [2.75, 3.05) is 0 Å². The first-order valence-electron chi connectivity index (χ1n) is 8.36. The van der Waals surface area contributed by atoms with Crippen LogP contribution in [0.1, 0.15) is 40.2 Å². The van der Waals surface area contributed by atoms with Gasteiger partial charge in [-0.3, -0.25) is 10.1 Å². The third-order valence-electron chi connectivity index (χ3n) is 5.14. The van der Waals surface area contributed by atoms with Gasteiger partial charge in [-0.1, -0.05) is 6.07 Å². The second-order valence-electron chi connectivity index (χ2n) is 6.87. The number of hydrogen-bond donors (Lipinski definition) is 1. The lowest BCUT2D eigenvalue weighted by Crippen LogP contribution is -2.19. The smallest absolute Gasteiger partial charge is 0.155 e. The molecule has 4 nitrogen and oxygen atoms in total. The molecular weight excluding hydrogens is 284 g/mol. The molecule has 1 unspecified atom stereocenters. The van der Waals surface area contributed by atoms with Gasteiger partial charge in [0.15, 0.2) is 5.65 Å². The Labute approximate surface area is 136 Å². The van der Waals surface area contributed by atoms with Gasteiger partial charge in [0.1, 0.15) is 0 Å². The largest absolute Gasteiger partial charge is 0.261 e. The van der Waals surface area contributed by atoms with Crippen molar-refractivity contribution in [1.29, 1.82) is 0 Å². The van der Waals surface area contributed by atoms with Gasteiger partial charge in [0.25, 0.3) is 0 Å². The zero-order valence-corrected chi connectivity index (χ0v) is 14.0. The second-order valence-corrected chi connectivity index (χ2v) is 6.87. The Morgan fingerprint density at radius 1 is 1.13 bits per heavy atom. The van der Waals surface area contributed by atoms with Gasteiger partial charge < -0.3 is 0 Å². The Morgan fingerprint density at radius 3 is 2.87 bits per heavy atom. The highest BCUT2D eigenvalue weighted by molar-refractivity contribution is 5.74. The van der Waals surface area contributed by atoms with E-state index in [9.17, 15) is 0 Å². The van der Waals surface area contributed by atoms with Gasteiger partial charge in [-0.25, -0.2) is 4.98 Å². The predicted molar refractivity (Wildman–Crippen MR) is 91.6 cm³/mol. The summed E-state index contributed by atoms with van der Waals surface area (Å²) in [6, 6.07) is 4.51. The van der Waals surface area contributed by atoms with Gasteiger partial charge >= 0.3 is 0 Å². The van der Waals surface area contributed by atoms with Gasteiger partial charge in [0.05, 0.1) is 6.20 Å². The van der Waals surface area contributed by atoms with E-state index >= 15 is 0 Å². The van der Waals surface area contributed by atoms with Crippen LogP contribution in [0.5, 0.6) is 0 Å². The van der Waals surface area contributed by atoms with E-state index in [1.165, 1.54) is 34.5 Å². The molecule has 1 aliphatic carbocycles. The maximum absolute atomic E-state index is 4.83. The average molecular weight is 306 g/mol. The Kier molecular flexibility index (Phi) is 3.40. The van der Waals surface area contributed by atoms with E-state index in [0.29, 0.717) is 5.92 Å². The number of nitrogens with one attached hydrogen (secondary N) is 1. The third kappa shape index (κ3) is 2.62. The molecule has 23 heavy (non-hydrogen) atoms. The van der Waals surface area contributed by atoms with Crippen LogP contribution in [0, 0.1) is 26.7 Å². The van der Waals surface area contributed by atoms with Crippen molar-refractivity contribution in [2.24, 2.45) is 5.92 Å². The summed E-state index contributed by atoms with van der Waals surface area (Å²) < 4.78 is 0. The van der Waals surface area contributed by atoms with Crippen molar-refractivity contribution in [2.45, 2.75) is 46.5 Å². The molecule has 3 heterocycles. The summed E-state index contributed by atoms with van der Waals surface area (Å²) in [4.78, 5) is 9.61. The Bertz CT molecular complexity index is 878. The number of nitrogens with zero attached hydrogens (tertiary/aromatic N) is 3. The summed E-state index contributed by atoms with van der Waals surface area (Å²) in [6.07, 6.45) is 6.29. The second kappa shape index (κ2) is 5.44. The van der Waals surface area contributed by atoms with Crippen LogP contribution in [-0.2, 0) is 19.3 Å². The summed E-state index contributed by atoms with van der Waals surface area (Å²) in [5.74, 6) is 0.628. The molecule has 1 atom stereocenters. The summed E-state index contributed by atoms with van der Waals surface area (Å²) in [5.41, 5.74) is 8.56. The summed E-state index contributed by atoms with van der Waals surface area (Å²) in [5, 5.41) is 8.15. The van der Waals surface area contributed by atoms with Crippen molar-refractivity contribution in [3.8, 4) is 0 Å². The fraction of sp³-hybridized carbons (Fsp3) is 0.421. The minimum Gasteiger partial charge on any atom is -0.261 e. The third-order valence-corrected chi connectivity index (χ3v) is 5.14. The summed E-state index contributed by atoms with van der Waals surface area (Å²) in [7, 11) is 0. The highest BCUT2D eigenvalue weighted by Gasteiger charge is 2.22. The summed E-state index contributed by atoms with van der Waals surface area (Å²) >= 11 is 0. The molecular formula is C19H22N4. The monoisotopic (exact) mass is 306 g/mol. The van der Waals surface area contributed by atoms with Crippen molar-refractivity contribution in [1.82, 2.24) is 20.2 Å². The van der Waals surface area contributed by atoms with Crippen LogP contribution in [0.4, 0.5) is 0 Å². The molecule has 0 saturated carbocycles. The van der Waals surface area contributed by atoms with E-state index in [4.69, 9.17) is 9.97 Å². The topological polar surface area (TPSA) is 54.5 Å². The van der Waals surface area contributed by atoms with Gasteiger partial charge in [-0.2, -0.15) is 5.10 Å². The van der Waals surface area contributed by atoms with Crippen LogP contribution in [-0.4, -0.2) is 20.2 Å². The molecule has 0 fully saturated rings. The minimum absolute atomic E-state index is 0.628. The SMILES string of the molecule is Cc1cc2c(nc1C)CC(Cc1nc3[nH]ncc3cc1C)CC2. The quantitative estimate of drug-likeness (QED) is 0.786. The molecule has 4 rings (SSSR count). The Hall–Kier alpha value is -2.23. The Morgan fingerprint density at radius 2 is 2.00 bits per heavy atom. The van der Waals surface area contributed by atoms with E-state index < -0.39 is 0 Å². The maximum Gasteiger partial charge on any atom is 0.155 e. The number of H-pyrrole nitrogens is 1. The molecule has 3 aromatic rings. The number of aromatic nitrogens is 4. The maximum atomic E-state index is 4.83. The van der Waals surface area contributed by atoms with Crippen LogP contribution >= 0.6 is 0 Å². The average Bonchev–Trinajstić information content (AvgIpc) is 2.96. The molecule has 1 aliphatic rings. The number of hydrogen-bond acceptors (Lipinski definition) is 3. The standard InChI is InChI=1S/C19H22N4/c1-11-6-15-5-4-14(9-18(15)21-13(11)3)8-17-12(2)7-16-10-20-23-19(16)22-17/h6-7,10,14H,4-5,8-9H2,1-3H3,(H,20,22,23). The molecule has 0 amide bonds. The van der Waals surface area contributed by atoms with Crippen LogP contribution in [0.3, 0.4) is 0 Å². The van der Waals surface area contributed by atoms with Crippen LogP contribution in [0.15, 0.2) is 18.3 Å². The molecule has 1 N–H and O–H groups in total. The van der Waals surface area contributed by atoms with Gasteiger partial charge in [0.2, 0.25) is 0 Å². The van der Waals surface area contributed by atoms with E-state index in [1.54, 1.807) is 0 Å². The molecule has 4 heteroatoms. The number of pyridine rings is 2. The molecule has 118 valence electrons. The van der Waals surface area contributed by atoms with Gasteiger partial charge in [0, 0.05) is 22.5 Å². The van der Waals surface area contributed by atoms with Crippen molar-refractivity contribution in [3.63, 3.8) is 0 Å². The van der Waals surface area contributed by atoms with Crippen molar-refractivity contribution in [3.05, 3.63) is 52.1 Å². The highest BCUT2D eigenvalue weighted by Crippen LogP contribution is 2.29. The minimum atomic E-state index is 0.628. The predicted octanol–water partition coefficient (Wildman–Crippen LogP) is 3.63. The lowest BCUT2D eigenvalue weighted by molar-refractivity contribution is 0.443. The fourth-order valence-corrected chi connectivity index (χ4v) is 3.62. The lowest BCUT2D eigenvalue weighted by atomic mass is 9.83. The molecule has 0 aromatic carbocycles. The van der Waals surface area contributed by atoms with E-state index in [-0.39, 0.29) is 0 Å². The van der Waals surface area contributed by atoms with E-state index in [2.05, 4.69) is 43.1 Å². The molecule has 0 bridgehead atoms. The first-order valence-corrected chi connectivity index (χ1v) is 8.36. The highest BCUT2D eigenvalue weighted by atomic mass is 15.1. The molecule has 0 spiro atoms. The van der Waals surface area contributed by atoms with E-state index in [1.807, 2.05) is 6.20 Å². The van der Waals surface area contributed by atoms with Crippen LogP contribution in [0.25, 0.3) is 11.0 Å². The number of fused-ring (bicyclic) bond motifs is 2. The zero-order chi connectivity index (χ0) is 16.0. The van der Waals surface area contributed by atoms with Crippen LogP contribution in [0.2, 0.25) is 0 Å². The van der Waals surface area contributed by atoms with Crippen LogP contribution < -0.4 is 0 Å². The molecule has 0 aliphatic heterocycles. The Balaban J connectivity index is 1.59. The first kappa shape index (κ1) is 14.4. The van der Waals surface area contributed by atoms with E-state index in [0.717, 1.165) is 36.0 Å².